The maximum absolute atomic E-state index is 12.1. The lowest BCUT2D eigenvalue weighted by Gasteiger charge is -2.26. The van der Waals surface area contributed by atoms with E-state index >= 15 is 0 Å². The van der Waals surface area contributed by atoms with Gasteiger partial charge in [0.1, 0.15) is 0 Å². The summed E-state index contributed by atoms with van der Waals surface area (Å²) in [5.74, 6) is 0.310. The van der Waals surface area contributed by atoms with Crippen LogP contribution in [-0.4, -0.2) is 60.5 Å². The Kier molecular flexibility index (Phi) is 3.09. The second-order valence-corrected chi connectivity index (χ2v) is 5.90. The zero-order chi connectivity index (χ0) is 11.8. The molecular formula is C13H23N3O. The van der Waals surface area contributed by atoms with Crippen molar-refractivity contribution in [2.75, 3.05) is 26.7 Å². The molecule has 0 aromatic rings. The monoisotopic (exact) mass is 237 g/mol. The quantitative estimate of drug-likeness (QED) is 0.773. The zero-order valence-electron chi connectivity index (χ0n) is 10.7. The highest BCUT2D eigenvalue weighted by atomic mass is 16.2. The van der Waals surface area contributed by atoms with Crippen LogP contribution in [0.15, 0.2) is 0 Å². The van der Waals surface area contributed by atoms with Crippen molar-refractivity contribution in [2.45, 2.75) is 50.2 Å². The Labute approximate surface area is 103 Å². The van der Waals surface area contributed by atoms with Crippen LogP contribution in [0.5, 0.6) is 0 Å². The summed E-state index contributed by atoms with van der Waals surface area (Å²) in [7, 11) is 1.96. The van der Waals surface area contributed by atoms with E-state index in [-0.39, 0.29) is 0 Å². The summed E-state index contributed by atoms with van der Waals surface area (Å²) in [5, 5.41) is 3.65. The Morgan fingerprint density at radius 2 is 2.00 bits per heavy atom. The van der Waals surface area contributed by atoms with Gasteiger partial charge in [-0.25, -0.2) is 0 Å². The number of rotatable bonds is 3. The average Bonchev–Trinajstić information content (AvgIpc) is 3.06. The Morgan fingerprint density at radius 3 is 2.76 bits per heavy atom. The first-order valence-corrected chi connectivity index (χ1v) is 6.96. The van der Waals surface area contributed by atoms with Crippen molar-refractivity contribution in [3.05, 3.63) is 0 Å². The fourth-order valence-electron chi connectivity index (χ4n) is 3.13. The molecular weight excluding hydrogens is 214 g/mol. The van der Waals surface area contributed by atoms with Gasteiger partial charge in [-0.05, 0) is 32.1 Å². The molecule has 2 unspecified atom stereocenters. The van der Waals surface area contributed by atoms with Gasteiger partial charge in [0, 0.05) is 38.3 Å². The topological polar surface area (TPSA) is 35.6 Å². The Balaban J connectivity index is 1.52. The van der Waals surface area contributed by atoms with E-state index in [1.807, 2.05) is 11.9 Å². The molecule has 0 aromatic heterocycles. The lowest BCUT2D eigenvalue weighted by molar-refractivity contribution is -0.131. The number of carbonyl (C=O) groups is 1. The molecule has 3 aliphatic rings. The van der Waals surface area contributed by atoms with Crippen LogP contribution in [0.2, 0.25) is 0 Å². The number of likely N-dealkylation sites (tertiary alicyclic amines) is 1. The molecule has 0 spiro atoms. The van der Waals surface area contributed by atoms with Crippen LogP contribution in [0, 0.1) is 0 Å². The molecule has 17 heavy (non-hydrogen) atoms. The summed E-state index contributed by atoms with van der Waals surface area (Å²) >= 11 is 0. The fourth-order valence-corrected chi connectivity index (χ4v) is 3.13. The predicted octanol–water partition coefficient (Wildman–Crippen LogP) is 0.434. The van der Waals surface area contributed by atoms with Crippen LogP contribution in [0.3, 0.4) is 0 Å². The minimum Gasteiger partial charge on any atom is -0.342 e. The van der Waals surface area contributed by atoms with Crippen molar-refractivity contribution >= 4 is 5.91 Å². The van der Waals surface area contributed by atoms with E-state index in [0.717, 1.165) is 13.1 Å². The molecule has 1 N–H and O–H groups in total. The normalized spacial score (nSPS) is 33.5. The molecule has 4 heteroatoms. The summed E-state index contributed by atoms with van der Waals surface area (Å²) in [6.07, 6.45) is 6.22. The van der Waals surface area contributed by atoms with Crippen LogP contribution in [-0.2, 0) is 4.79 Å². The maximum Gasteiger partial charge on any atom is 0.236 e. The van der Waals surface area contributed by atoms with E-state index in [4.69, 9.17) is 0 Å². The lowest BCUT2D eigenvalue weighted by atomic mass is 10.1. The number of amides is 1. The maximum atomic E-state index is 12.1. The van der Waals surface area contributed by atoms with Crippen LogP contribution in [0.1, 0.15) is 32.1 Å². The van der Waals surface area contributed by atoms with E-state index in [1.165, 1.54) is 32.1 Å². The van der Waals surface area contributed by atoms with Gasteiger partial charge in [0.05, 0.1) is 6.54 Å². The first-order chi connectivity index (χ1) is 8.22. The molecule has 0 aromatic carbocycles. The summed E-state index contributed by atoms with van der Waals surface area (Å²) in [5.41, 5.74) is 0. The predicted molar refractivity (Wildman–Crippen MR) is 66.8 cm³/mol. The van der Waals surface area contributed by atoms with Gasteiger partial charge in [-0.2, -0.15) is 0 Å². The van der Waals surface area contributed by atoms with Crippen LogP contribution < -0.4 is 5.32 Å². The van der Waals surface area contributed by atoms with E-state index < -0.39 is 0 Å². The number of hydrogen-bond acceptors (Lipinski definition) is 3. The molecule has 2 aliphatic heterocycles. The Bertz CT molecular complexity index is 303. The van der Waals surface area contributed by atoms with E-state index in [1.54, 1.807) is 0 Å². The van der Waals surface area contributed by atoms with Crippen molar-refractivity contribution < 1.29 is 4.79 Å². The van der Waals surface area contributed by atoms with Crippen molar-refractivity contribution in [2.24, 2.45) is 0 Å². The average molecular weight is 237 g/mol. The number of likely N-dealkylation sites (N-methyl/N-ethyl adjacent to an activating group) is 1. The number of fused-ring (bicyclic) bond motifs is 2. The lowest BCUT2D eigenvalue weighted by Crippen LogP contribution is -2.42. The first kappa shape index (κ1) is 11.5. The minimum absolute atomic E-state index is 0.310. The van der Waals surface area contributed by atoms with Gasteiger partial charge in [0.15, 0.2) is 0 Å². The van der Waals surface area contributed by atoms with Crippen molar-refractivity contribution in [3.8, 4) is 0 Å². The van der Waals surface area contributed by atoms with E-state index in [9.17, 15) is 4.79 Å². The number of nitrogens with one attached hydrogen (secondary N) is 1. The van der Waals surface area contributed by atoms with Gasteiger partial charge in [-0.3, -0.25) is 9.69 Å². The smallest absolute Gasteiger partial charge is 0.236 e. The van der Waals surface area contributed by atoms with Gasteiger partial charge in [-0.1, -0.05) is 0 Å². The molecule has 1 saturated carbocycles. The highest BCUT2D eigenvalue weighted by Gasteiger charge is 2.33. The molecule has 2 heterocycles. The zero-order valence-corrected chi connectivity index (χ0v) is 10.7. The largest absolute Gasteiger partial charge is 0.342 e. The number of carbonyl (C=O) groups excluding carboxylic acids is 1. The Morgan fingerprint density at radius 1 is 1.24 bits per heavy atom. The highest BCUT2D eigenvalue weighted by Crippen LogP contribution is 2.26. The van der Waals surface area contributed by atoms with Crippen LogP contribution in [0.4, 0.5) is 0 Å². The van der Waals surface area contributed by atoms with Gasteiger partial charge < -0.3 is 10.2 Å². The number of nitrogens with zero attached hydrogens (tertiary/aromatic N) is 2. The SMILES string of the molecule is CN(C(=O)CN1CCC2CCC(C1)N2)C1CC1. The second kappa shape index (κ2) is 4.58. The Hall–Kier alpha value is -0.610. The molecule has 3 fully saturated rings. The third-order valence-electron chi connectivity index (χ3n) is 4.45. The molecule has 1 aliphatic carbocycles. The summed E-state index contributed by atoms with van der Waals surface area (Å²) in [4.78, 5) is 16.4. The fraction of sp³-hybridized carbons (Fsp3) is 0.923. The molecule has 2 saturated heterocycles. The highest BCUT2D eigenvalue weighted by molar-refractivity contribution is 5.78. The first-order valence-electron chi connectivity index (χ1n) is 6.96. The molecule has 2 atom stereocenters. The van der Waals surface area contributed by atoms with Crippen molar-refractivity contribution in [1.29, 1.82) is 0 Å². The third kappa shape index (κ3) is 2.63. The van der Waals surface area contributed by atoms with E-state index in [0.29, 0.717) is 30.6 Å². The standard InChI is InChI=1S/C13H23N3O/c1-15(12-4-5-12)13(17)9-16-7-6-10-2-3-11(8-16)14-10/h10-12,14H,2-9H2,1H3. The summed E-state index contributed by atoms with van der Waals surface area (Å²) in [6.45, 7) is 2.76. The van der Waals surface area contributed by atoms with Gasteiger partial charge in [0.25, 0.3) is 0 Å². The molecule has 1 amide bonds. The van der Waals surface area contributed by atoms with Crippen LogP contribution in [0.25, 0.3) is 0 Å². The van der Waals surface area contributed by atoms with Crippen molar-refractivity contribution in [1.82, 2.24) is 15.1 Å². The van der Waals surface area contributed by atoms with Gasteiger partial charge in [0.2, 0.25) is 5.91 Å². The molecule has 96 valence electrons. The van der Waals surface area contributed by atoms with E-state index in [2.05, 4.69) is 10.2 Å². The third-order valence-corrected chi connectivity index (χ3v) is 4.45. The molecule has 2 bridgehead atoms. The minimum atomic E-state index is 0.310. The summed E-state index contributed by atoms with van der Waals surface area (Å²) in [6, 6.07) is 1.88. The second-order valence-electron chi connectivity index (χ2n) is 5.90. The van der Waals surface area contributed by atoms with Crippen molar-refractivity contribution in [3.63, 3.8) is 0 Å². The molecule has 3 rings (SSSR count). The summed E-state index contributed by atoms with van der Waals surface area (Å²) < 4.78 is 0. The molecule has 0 radical (unpaired) electrons. The molecule has 4 nitrogen and oxygen atoms in total. The van der Waals surface area contributed by atoms with Gasteiger partial charge >= 0.3 is 0 Å². The van der Waals surface area contributed by atoms with Gasteiger partial charge in [-0.15, -0.1) is 0 Å². The number of hydrogen-bond donors (Lipinski definition) is 1. The van der Waals surface area contributed by atoms with Crippen LogP contribution >= 0.6 is 0 Å².